The first-order valence-electron chi connectivity index (χ1n) is 6.51. The molecule has 1 N–H and O–H groups in total. The SMILES string of the molecule is CCOC(=O)C(C)(CCCCSc1nccs1)NC. The van der Waals surface area contributed by atoms with Crippen LogP contribution in [-0.2, 0) is 9.53 Å². The van der Waals surface area contributed by atoms with Crippen LogP contribution in [0.4, 0.5) is 0 Å². The minimum atomic E-state index is -0.568. The highest BCUT2D eigenvalue weighted by Crippen LogP contribution is 2.23. The molecule has 1 rings (SSSR count). The second kappa shape index (κ2) is 8.55. The summed E-state index contributed by atoms with van der Waals surface area (Å²) in [5.41, 5.74) is -0.568. The Labute approximate surface area is 123 Å². The fraction of sp³-hybridized carbons (Fsp3) is 0.692. The zero-order valence-corrected chi connectivity index (χ0v) is 13.4. The number of hydrogen-bond donors (Lipinski definition) is 1. The van der Waals surface area contributed by atoms with Crippen molar-refractivity contribution in [2.75, 3.05) is 19.4 Å². The van der Waals surface area contributed by atoms with E-state index in [2.05, 4.69) is 10.3 Å². The van der Waals surface area contributed by atoms with Gasteiger partial charge in [0.25, 0.3) is 0 Å². The molecule has 0 aliphatic rings. The average molecular weight is 302 g/mol. The Kier molecular flexibility index (Phi) is 7.41. The van der Waals surface area contributed by atoms with Crippen molar-refractivity contribution in [3.63, 3.8) is 0 Å². The van der Waals surface area contributed by atoms with Gasteiger partial charge < -0.3 is 10.1 Å². The Morgan fingerprint density at radius 1 is 1.58 bits per heavy atom. The summed E-state index contributed by atoms with van der Waals surface area (Å²) >= 11 is 3.44. The maximum Gasteiger partial charge on any atom is 0.326 e. The van der Waals surface area contributed by atoms with E-state index in [1.165, 1.54) is 0 Å². The van der Waals surface area contributed by atoms with E-state index in [4.69, 9.17) is 4.74 Å². The third-order valence-electron chi connectivity index (χ3n) is 2.98. The molecule has 0 aliphatic heterocycles. The van der Waals surface area contributed by atoms with Crippen LogP contribution in [0.15, 0.2) is 15.9 Å². The number of ether oxygens (including phenoxy) is 1. The molecule has 1 aromatic heterocycles. The van der Waals surface area contributed by atoms with Gasteiger partial charge in [-0.25, -0.2) is 4.98 Å². The predicted octanol–water partition coefficient (Wildman–Crippen LogP) is 2.95. The van der Waals surface area contributed by atoms with Gasteiger partial charge in [-0.1, -0.05) is 18.2 Å². The lowest BCUT2D eigenvalue weighted by Gasteiger charge is -2.26. The fourth-order valence-electron chi connectivity index (χ4n) is 1.64. The van der Waals surface area contributed by atoms with Crippen molar-refractivity contribution in [3.05, 3.63) is 11.6 Å². The smallest absolute Gasteiger partial charge is 0.326 e. The van der Waals surface area contributed by atoms with E-state index >= 15 is 0 Å². The monoisotopic (exact) mass is 302 g/mol. The lowest BCUT2D eigenvalue weighted by Crippen LogP contribution is -2.48. The number of rotatable bonds is 9. The van der Waals surface area contributed by atoms with Crippen LogP contribution in [0.2, 0.25) is 0 Å². The summed E-state index contributed by atoms with van der Waals surface area (Å²) in [4.78, 5) is 16.1. The van der Waals surface area contributed by atoms with Crippen molar-refractivity contribution < 1.29 is 9.53 Å². The summed E-state index contributed by atoms with van der Waals surface area (Å²) in [6.07, 6.45) is 4.68. The number of thiazole rings is 1. The molecule has 1 heterocycles. The number of aromatic nitrogens is 1. The number of carbonyl (C=O) groups is 1. The lowest BCUT2D eigenvalue weighted by molar-refractivity contribution is -0.150. The largest absolute Gasteiger partial charge is 0.465 e. The summed E-state index contributed by atoms with van der Waals surface area (Å²) in [5.74, 6) is 0.876. The van der Waals surface area contributed by atoms with Crippen molar-refractivity contribution in [1.82, 2.24) is 10.3 Å². The van der Waals surface area contributed by atoms with Crippen LogP contribution < -0.4 is 5.32 Å². The quantitative estimate of drug-likeness (QED) is 0.432. The molecule has 0 aliphatic carbocycles. The van der Waals surface area contributed by atoms with Gasteiger partial charge in [-0.05, 0) is 33.7 Å². The summed E-state index contributed by atoms with van der Waals surface area (Å²) < 4.78 is 6.21. The maximum atomic E-state index is 11.8. The van der Waals surface area contributed by atoms with Crippen molar-refractivity contribution in [1.29, 1.82) is 0 Å². The van der Waals surface area contributed by atoms with Crippen LogP contribution in [-0.4, -0.2) is 35.9 Å². The molecule has 0 saturated carbocycles. The Bertz CT molecular complexity index is 371. The van der Waals surface area contributed by atoms with Crippen LogP contribution >= 0.6 is 23.1 Å². The molecule has 4 nitrogen and oxygen atoms in total. The van der Waals surface area contributed by atoms with Gasteiger partial charge in [0.05, 0.1) is 6.61 Å². The molecule has 1 unspecified atom stereocenters. The van der Waals surface area contributed by atoms with E-state index < -0.39 is 5.54 Å². The molecule has 19 heavy (non-hydrogen) atoms. The first kappa shape index (κ1) is 16.5. The average Bonchev–Trinajstić information content (AvgIpc) is 2.91. The molecule has 1 aromatic rings. The topological polar surface area (TPSA) is 51.2 Å². The summed E-state index contributed by atoms with van der Waals surface area (Å²) in [6.45, 7) is 4.16. The zero-order valence-electron chi connectivity index (χ0n) is 11.8. The van der Waals surface area contributed by atoms with E-state index in [0.29, 0.717) is 6.61 Å². The summed E-state index contributed by atoms with van der Waals surface area (Å²) in [7, 11) is 1.81. The van der Waals surface area contributed by atoms with Crippen LogP contribution in [0.5, 0.6) is 0 Å². The highest BCUT2D eigenvalue weighted by molar-refractivity contribution is 8.00. The highest BCUT2D eigenvalue weighted by atomic mass is 32.2. The van der Waals surface area contributed by atoms with Gasteiger partial charge >= 0.3 is 5.97 Å². The molecule has 6 heteroatoms. The number of nitrogens with zero attached hydrogens (tertiary/aromatic N) is 1. The highest BCUT2D eigenvalue weighted by Gasteiger charge is 2.32. The van der Waals surface area contributed by atoms with Crippen LogP contribution in [0, 0.1) is 0 Å². The number of likely N-dealkylation sites (N-methyl/N-ethyl adjacent to an activating group) is 1. The van der Waals surface area contributed by atoms with E-state index in [9.17, 15) is 4.79 Å². The number of esters is 1. The third kappa shape index (κ3) is 5.50. The number of thioether (sulfide) groups is 1. The fourth-order valence-corrected chi connectivity index (χ4v) is 3.35. The van der Waals surface area contributed by atoms with Gasteiger partial charge in [0.2, 0.25) is 0 Å². The minimum Gasteiger partial charge on any atom is -0.465 e. The van der Waals surface area contributed by atoms with Crippen LogP contribution in [0.1, 0.15) is 33.1 Å². The molecule has 0 spiro atoms. The van der Waals surface area contributed by atoms with Gasteiger partial charge in [0.1, 0.15) is 9.88 Å². The standard InChI is InChI=1S/C13H22N2O2S2/c1-4-17-11(16)13(2,14-3)7-5-6-9-18-12-15-8-10-19-12/h8,10,14H,4-7,9H2,1-3H3. The second-order valence-electron chi connectivity index (χ2n) is 4.41. The predicted molar refractivity (Wildman–Crippen MR) is 80.8 cm³/mol. The number of hydrogen-bond acceptors (Lipinski definition) is 6. The molecule has 1 atom stereocenters. The number of carbonyl (C=O) groups excluding carboxylic acids is 1. The van der Waals surface area contributed by atoms with Crippen molar-refractivity contribution in [3.8, 4) is 0 Å². The normalized spacial score (nSPS) is 14.1. The van der Waals surface area contributed by atoms with Gasteiger partial charge in [-0.2, -0.15) is 0 Å². The second-order valence-corrected chi connectivity index (χ2v) is 6.64. The Balaban J connectivity index is 2.23. The third-order valence-corrected chi connectivity index (χ3v) is 5.04. The minimum absolute atomic E-state index is 0.162. The first-order valence-corrected chi connectivity index (χ1v) is 8.37. The Morgan fingerprint density at radius 3 is 2.95 bits per heavy atom. The molecule has 0 fully saturated rings. The Morgan fingerprint density at radius 2 is 2.37 bits per heavy atom. The van der Waals surface area contributed by atoms with E-state index in [1.54, 1.807) is 30.1 Å². The van der Waals surface area contributed by atoms with E-state index in [-0.39, 0.29) is 5.97 Å². The molecule has 0 bridgehead atoms. The van der Waals surface area contributed by atoms with Crippen LogP contribution in [0.3, 0.4) is 0 Å². The van der Waals surface area contributed by atoms with Crippen LogP contribution in [0.25, 0.3) is 0 Å². The lowest BCUT2D eigenvalue weighted by atomic mass is 9.95. The summed E-state index contributed by atoms with van der Waals surface area (Å²) in [5, 5.41) is 5.06. The van der Waals surface area contributed by atoms with Crippen molar-refractivity contribution in [2.24, 2.45) is 0 Å². The zero-order chi connectivity index (χ0) is 14.1. The molecule has 108 valence electrons. The van der Waals surface area contributed by atoms with E-state index in [0.717, 1.165) is 29.4 Å². The van der Waals surface area contributed by atoms with Gasteiger partial charge in [-0.3, -0.25) is 4.79 Å². The molecule has 0 amide bonds. The van der Waals surface area contributed by atoms with E-state index in [1.807, 2.05) is 25.4 Å². The van der Waals surface area contributed by atoms with Crippen molar-refractivity contribution >= 4 is 29.1 Å². The molecule has 0 aromatic carbocycles. The molecular weight excluding hydrogens is 280 g/mol. The van der Waals surface area contributed by atoms with Gasteiger partial charge in [-0.15, -0.1) is 11.3 Å². The van der Waals surface area contributed by atoms with Gasteiger partial charge in [0, 0.05) is 17.3 Å². The molecule has 0 saturated heterocycles. The Hall–Kier alpha value is -0.590. The molecular formula is C13H22N2O2S2. The number of nitrogens with one attached hydrogen (secondary N) is 1. The summed E-state index contributed by atoms with van der Waals surface area (Å²) in [6, 6.07) is 0. The maximum absolute atomic E-state index is 11.8. The van der Waals surface area contributed by atoms with Crippen molar-refractivity contribution in [2.45, 2.75) is 43.0 Å². The van der Waals surface area contributed by atoms with Gasteiger partial charge in [0.15, 0.2) is 0 Å². The first-order chi connectivity index (χ1) is 9.12. The molecule has 0 radical (unpaired) electrons. The number of unbranched alkanes of at least 4 members (excludes halogenated alkanes) is 1.